The van der Waals surface area contributed by atoms with E-state index in [1.165, 1.54) is 6.42 Å². The molecule has 0 aromatic heterocycles. The largest absolute Gasteiger partial charge is 0.198 e. The molecule has 0 N–H and O–H groups in total. The van der Waals surface area contributed by atoms with E-state index in [1.807, 2.05) is 0 Å². The highest BCUT2D eigenvalue weighted by atomic mass is 14.4. The van der Waals surface area contributed by atoms with Gasteiger partial charge in [0.05, 0.1) is 6.07 Å². The lowest BCUT2D eigenvalue weighted by atomic mass is 9.74. The fourth-order valence-corrected chi connectivity index (χ4v) is 1.17. The van der Waals surface area contributed by atoms with Crippen LogP contribution in [0.4, 0.5) is 0 Å². The Balaban J connectivity index is 2.14. The van der Waals surface area contributed by atoms with Gasteiger partial charge in [0.15, 0.2) is 0 Å². The summed E-state index contributed by atoms with van der Waals surface area (Å²) in [6.45, 7) is 2.19. The first-order chi connectivity index (χ1) is 3.86. The number of nitriles is 1. The third kappa shape index (κ3) is 0.838. The molecule has 0 spiro atoms. The van der Waals surface area contributed by atoms with E-state index in [0.29, 0.717) is 5.92 Å². The molecule has 1 aliphatic carbocycles. The van der Waals surface area contributed by atoms with Crippen molar-refractivity contribution in [3.63, 3.8) is 0 Å². The number of nitrogens with zero attached hydrogens (tertiary/aromatic N) is 1. The van der Waals surface area contributed by atoms with Crippen LogP contribution in [0.25, 0.3) is 0 Å². The Labute approximate surface area is 50.3 Å². The minimum absolute atomic E-state index is 0.403. The van der Waals surface area contributed by atoms with E-state index in [1.54, 1.807) is 0 Å². The smallest absolute Gasteiger partial charge is 0.0655 e. The first-order valence-corrected chi connectivity index (χ1v) is 3.26. The van der Waals surface area contributed by atoms with Crippen LogP contribution in [-0.4, -0.2) is 0 Å². The van der Waals surface area contributed by atoms with Gasteiger partial charge in [-0.25, -0.2) is 0 Å². The second-order valence-electron chi connectivity index (χ2n) is 2.57. The summed E-state index contributed by atoms with van der Waals surface area (Å²) in [5.41, 5.74) is 0. The molecule has 1 rings (SSSR count). The van der Waals surface area contributed by atoms with E-state index in [-0.39, 0.29) is 0 Å². The SMILES string of the molecule is CC[C@H]1C[C@@H](C#N)C1. The second kappa shape index (κ2) is 2.17. The Kier molecular flexibility index (Phi) is 1.53. The van der Waals surface area contributed by atoms with Gasteiger partial charge in [0.1, 0.15) is 0 Å². The average molecular weight is 109 g/mol. The predicted octanol–water partition coefficient (Wildman–Crippen LogP) is 1.95. The summed E-state index contributed by atoms with van der Waals surface area (Å²) in [7, 11) is 0. The van der Waals surface area contributed by atoms with E-state index in [4.69, 9.17) is 5.26 Å². The zero-order valence-corrected chi connectivity index (χ0v) is 5.22. The standard InChI is InChI=1S/C7H11N/c1-2-6-3-7(4-6)5-8/h6-7H,2-4H2,1H3/t6-,7+. The molecule has 1 aliphatic rings. The Morgan fingerprint density at radius 2 is 2.25 bits per heavy atom. The molecule has 0 aliphatic heterocycles. The van der Waals surface area contributed by atoms with Crippen LogP contribution in [0.1, 0.15) is 26.2 Å². The van der Waals surface area contributed by atoms with E-state index in [9.17, 15) is 0 Å². The third-order valence-electron chi connectivity index (χ3n) is 2.00. The van der Waals surface area contributed by atoms with E-state index >= 15 is 0 Å². The Morgan fingerprint density at radius 3 is 2.62 bits per heavy atom. The molecule has 8 heavy (non-hydrogen) atoms. The van der Waals surface area contributed by atoms with Crippen molar-refractivity contribution in [1.29, 1.82) is 5.26 Å². The average Bonchev–Trinajstić information content (AvgIpc) is 1.65. The van der Waals surface area contributed by atoms with Gasteiger partial charge in [-0.15, -0.1) is 0 Å². The van der Waals surface area contributed by atoms with Crippen LogP contribution in [0.15, 0.2) is 0 Å². The molecular weight excluding hydrogens is 98.1 g/mol. The number of hydrogen-bond donors (Lipinski definition) is 0. The molecule has 0 amide bonds. The van der Waals surface area contributed by atoms with Gasteiger partial charge in [-0.05, 0) is 18.8 Å². The van der Waals surface area contributed by atoms with Gasteiger partial charge in [-0.2, -0.15) is 5.26 Å². The van der Waals surface area contributed by atoms with Crippen LogP contribution in [0, 0.1) is 23.2 Å². The molecular formula is C7H11N. The Bertz CT molecular complexity index is 106. The van der Waals surface area contributed by atoms with Crippen molar-refractivity contribution in [2.45, 2.75) is 26.2 Å². The molecule has 0 aromatic carbocycles. The maximum Gasteiger partial charge on any atom is 0.0655 e. The maximum atomic E-state index is 8.35. The Morgan fingerprint density at radius 1 is 1.62 bits per heavy atom. The quantitative estimate of drug-likeness (QED) is 0.505. The minimum atomic E-state index is 0.403. The second-order valence-corrected chi connectivity index (χ2v) is 2.57. The third-order valence-corrected chi connectivity index (χ3v) is 2.00. The molecule has 44 valence electrons. The van der Waals surface area contributed by atoms with Crippen LogP contribution in [-0.2, 0) is 0 Å². The first-order valence-electron chi connectivity index (χ1n) is 3.26. The van der Waals surface area contributed by atoms with Crippen molar-refractivity contribution < 1.29 is 0 Å². The molecule has 0 unspecified atom stereocenters. The lowest BCUT2D eigenvalue weighted by Crippen LogP contribution is -2.20. The van der Waals surface area contributed by atoms with E-state index in [2.05, 4.69) is 13.0 Å². The van der Waals surface area contributed by atoms with Crippen LogP contribution in [0.3, 0.4) is 0 Å². The van der Waals surface area contributed by atoms with E-state index < -0.39 is 0 Å². The van der Waals surface area contributed by atoms with Crippen molar-refractivity contribution >= 4 is 0 Å². The normalized spacial score (nSPS) is 35.5. The zero-order valence-electron chi connectivity index (χ0n) is 5.22. The molecule has 1 fully saturated rings. The van der Waals surface area contributed by atoms with Gasteiger partial charge in [-0.3, -0.25) is 0 Å². The van der Waals surface area contributed by atoms with E-state index in [0.717, 1.165) is 18.8 Å². The highest BCUT2D eigenvalue weighted by Gasteiger charge is 2.26. The molecule has 1 heteroatoms. The maximum absolute atomic E-state index is 8.35. The van der Waals surface area contributed by atoms with Crippen LogP contribution in [0.5, 0.6) is 0 Å². The fourth-order valence-electron chi connectivity index (χ4n) is 1.17. The molecule has 0 aromatic rings. The topological polar surface area (TPSA) is 23.8 Å². The first kappa shape index (κ1) is 5.62. The van der Waals surface area contributed by atoms with Gasteiger partial charge in [0.2, 0.25) is 0 Å². The molecule has 0 radical (unpaired) electrons. The fraction of sp³-hybridized carbons (Fsp3) is 0.857. The highest BCUT2D eigenvalue weighted by molar-refractivity contribution is 4.93. The molecule has 0 heterocycles. The van der Waals surface area contributed by atoms with Gasteiger partial charge in [0, 0.05) is 5.92 Å². The van der Waals surface area contributed by atoms with Gasteiger partial charge in [0.25, 0.3) is 0 Å². The van der Waals surface area contributed by atoms with Crippen LogP contribution < -0.4 is 0 Å². The van der Waals surface area contributed by atoms with Crippen molar-refractivity contribution in [2.75, 3.05) is 0 Å². The molecule has 1 nitrogen and oxygen atoms in total. The molecule has 0 saturated heterocycles. The van der Waals surface area contributed by atoms with Gasteiger partial charge >= 0.3 is 0 Å². The summed E-state index contributed by atoms with van der Waals surface area (Å²) >= 11 is 0. The van der Waals surface area contributed by atoms with Gasteiger partial charge in [-0.1, -0.05) is 13.3 Å². The van der Waals surface area contributed by atoms with Crippen molar-refractivity contribution in [1.82, 2.24) is 0 Å². The summed E-state index contributed by atoms with van der Waals surface area (Å²) < 4.78 is 0. The lowest BCUT2D eigenvalue weighted by molar-refractivity contribution is 0.239. The number of rotatable bonds is 1. The highest BCUT2D eigenvalue weighted by Crippen LogP contribution is 2.34. The Hall–Kier alpha value is -0.510. The summed E-state index contributed by atoms with van der Waals surface area (Å²) in [6.07, 6.45) is 3.58. The summed E-state index contributed by atoms with van der Waals surface area (Å²) in [4.78, 5) is 0. The van der Waals surface area contributed by atoms with Crippen molar-refractivity contribution in [3.8, 4) is 6.07 Å². The number of hydrogen-bond acceptors (Lipinski definition) is 1. The summed E-state index contributed by atoms with van der Waals surface area (Å²) in [5, 5.41) is 8.35. The molecule has 0 atom stereocenters. The predicted molar refractivity (Wildman–Crippen MR) is 32.1 cm³/mol. The lowest BCUT2D eigenvalue weighted by Gasteiger charge is -2.28. The summed E-state index contributed by atoms with van der Waals surface area (Å²) in [6, 6.07) is 2.27. The summed E-state index contributed by atoms with van der Waals surface area (Å²) in [5.74, 6) is 1.28. The zero-order chi connectivity index (χ0) is 5.98. The monoisotopic (exact) mass is 109 g/mol. The van der Waals surface area contributed by atoms with Gasteiger partial charge < -0.3 is 0 Å². The van der Waals surface area contributed by atoms with Crippen LogP contribution in [0.2, 0.25) is 0 Å². The molecule has 0 bridgehead atoms. The molecule has 1 saturated carbocycles. The van der Waals surface area contributed by atoms with Crippen molar-refractivity contribution in [3.05, 3.63) is 0 Å². The minimum Gasteiger partial charge on any atom is -0.198 e. The van der Waals surface area contributed by atoms with Crippen molar-refractivity contribution in [2.24, 2.45) is 11.8 Å². The van der Waals surface area contributed by atoms with Crippen LogP contribution >= 0.6 is 0 Å².